The maximum Gasteiger partial charge on any atom is 0.250 e. The Labute approximate surface area is 105 Å². The monoisotopic (exact) mass is 244 g/mol. The molecule has 1 aliphatic rings. The molecular formula is C13H16N4O. The molecule has 0 atom stereocenters. The highest BCUT2D eigenvalue weighted by atomic mass is 16.1. The highest BCUT2D eigenvalue weighted by molar-refractivity contribution is 5.11. The number of likely N-dealkylation sites (tertiary alicyclic amines) is 1. The second-order valence-corrected chi connectivity index (χ2v) is 4.82. The van der Waals surface area contributed by atoms with Crippen LogP contribution in [0.4, 0.5) is 0 Å². The second kappa shape index (κ2) is 4.42. The fourth-order valence-electron chi connectivity index (χ4n) is 2.28. The summed E-state index contributed by atoms with van der Waals surface area (Å²) in [5.41, 5.74) is 1.13. The summed E-state index contributed by atoms with van der Waals surface area (Å²) in [6.07, 6.45) is 5.63. The normalized spacial score (nSPS) is 16.7. The largest absolute Gasteiger partial charge is 0.319 e. The molecule has 0 amide bonds. The lowest BCUT2D eigenvalue weighted by atomic mass is 10.1. The van der Waals surface area contributed by atoms with Crippen LogP contribution in [0.1, 0.15) is 11.6 Å². The van der Waals surface area contributed by atoms with E-state index in [1.54, 1.807) is 17.7 Å². The number of rotatable bonds is 3. The van der Waals surface area contributed by atoms with Crippen molar-refractivity contribution >= 4 is 0 Å². The van der Waals surface area contributed by atoms with Crippen LogP contribution in [-0.2, 0) is 13.6 Å². The molecule has 1 fully saturated rings. The SMILES string of the molecule is Cn1ccc(CN2CC(n3cccn3)C2)cc1=O. The molecule has 1 aliphatic heterocycles. The van der Waals surface area contributed by atoms with Crippen LogP contribution in [-0.4, -0.2) is 32.3 Å². The van der Waals surface area contributed by atoms with Crippen LogP contribution in [0, 0.1) is 0 Å². The van der Waals surface area contributed by atoms with Crippen molar-refractivity contribution in [1.29, 1.82) is 0 Å². The quantitative estimate of drug-likeness (QED) is 0.795. The molecule has 0 unspecified atom stereocenters. The smallest absolute Gasteiger partial charge is 0.250 e. The number of hydrogen-bond acceptors (Lipinski definition) is 3. The minimum absolute atomic E-state index is 0.0525. The predicted octanol–water partition coefficient (Wildman–Crippen LogP) is 0.639. The van der Waals surface area contributed by atoms with E-state index in [1.165, 1.54) is 0 Å². The first-order chi connectivity index (χ1) is 8.72. The first kappa shape index (κ1) is 11.2. The molecule has 3 heterocycles. The minimum atomic E-state index is 0.0525. The zero-order valence-corrected chi connectivity index (χ0v) is 10.4. The van der Waals surface area contributed by atoms with Gasteiger partial charge in [-0.15, -0.1) is 0 Å². The average Bonchev–Trinajstić information content (AvgIpc) is 2.81. The molecule has 94 valence electrons. The summed E-state index contributed by atoms with van der Waals surface area (Å²) < 4.78 is 3.59. The van der Waals surface area contributed by atoms with E-state index in [4.69, 9.17) is 0 Å². The third-order valence-corrected chi connectivity index (χ3v) is 3.41. The van der Waals surface area contributed by atoms with E-state index in [0.717, 1.165) is 25.2 Å². The number of pyridine rings is 1. The molecule has 5 heteroatoms. The van der Waals surface area contributed by atoms with Gasteiger partial charge >= 0.3 is 0 Å². The van der Waals surface area contributed by atoms with E-state index in [9.17, 15) is 4.79 Å². The van der Waals surface area contributed by atoms with Gasteiger partial charge in [-0.05, 0) is 17.7 Å². The first-order valence-electron chi connectivity index (χ1n) is 6.09. The van der Waals surface area contributed by atoms with Crippen molar-refractivity contribution in [2.24, 2.45) is 7.05 Å². The Hall–Kier alpha value is -1.88. The van der Waals surface area contributed by atoms with Crippen molar-refractivity contribution in [3.8, 4) is 0 Å². The third kappa shape index (κ3) is 2.09. The predicted molar refractivity (Wildman–Crippen MR) is 68.2 cm³/mol. The zero-order valence-electron chi connectivity index (χ0n) is 10.4. The molecule has 0 aromatic carbocycles. The van der Waals surface area contributed by atoms with Gasteiger partial charge < -0.3 is 4.57 Å². The summed E-state index contributed by atoms with van der Waals surface area (Å²) in [6, 6.07) is 6.14. The van der Waals surface area contributed by atoms with Crippen molar-refractivity contribution in [2.75, 3.05) is 13.1 Å². The average molecular weight is 244 g/mol. The number of hydrogen-bond donors (Lipinski definition) is 0. The van der Waals surface area contributed by atoms with Gasteiger partial charge in [-0.25, -0.2) is 0 Å². The Bertz CT molecular complexity index is 581. The van der Waals surface area contributed by atoms with Crippen molar-refractivity contribution in [1.82, 2.24) is 19.2 Å². The van der Waals surface area contributed by atoms with Gasteiger partial charge in [0.2, 0.25) is 0 Å². The summed E-state index contributed by atoms with van der Waals surface area (Å²) in [5.74, 6) is 0. The fourth-order valence-corrected chi connectivity index (χ4v) is 2.28. The molecule has 0 radical (unpaired) electrons. The molecular weight excluding hydrogens is 228 g/mol. The van der Waals surface area contributed by atoms with Crippen LogP contribution in [0.25, 0.3) is 0 Å². The van der Waals surface area contributed by atoms with Crippen LogP contribution >= 0.6 is 0 Å². The van der Waals surface area contributed by atoms with Gasteiger partial charge in [0, 0.05) is 51.3 Å². The Kier molecular flexibility index (Phi) is 2.76. The van der Waals surface area contributed by atoms with E-state index in [0.29, 0.717) is 6.04 Å². The molecule has 5 nitrogen and oxygen atoms in total. The molecule has 3 rings (SSSR count). The molecule has 0 spiro atoms. The Balaban J connectivity index is 1.60. The summed E-state index contributed by atoms with van der Waals surface area (Å²) >= 11 is 0. The van der Waals surface area contributed by atoms with Crippen molar-refractivity contribution in [2.45, 2.75) is 12.6 Å². The number of aromatic nitrogens is 3. The van der Waals surface area contributed by atoms with Gasteiger partial charge in [0.25, 0.3) is 5.56 Å². The van der Waals surface area contributed by atoms with Crippen LogP contribution in [0.2, 0.25) is 0 Å². The number of nitrogens with zero attached hydrogens (tertiary/aromatic N) is 4. The summed E-state index contributed by atoms with van der Waals surface area (Å²) in [4.78, 5) is 13.8. The van der Waals surface area contributed by atoms with Gasteiger partial charge in [-0.3, -0.25) is 14.4 Å². The maximum atomic E-state index is 11.5. The topological polar surface area (TPSA) is 43.1 Å². The third-order valence-electron chi connectivity index (χ3n) is 3.41. The summed E-state index contributed by atoms with van der Waals surface area (Å²) in [6.45, 7) is 2.83. The summed E-state index contributed by atoms with van der Waals surface area (Å²) in [7, 11) is 1.77. The molecule has 2 aromatic rings. The van der Waals surface area contributed by atoms with Gasteiger partial charge in [0.05, 0.1) is 6.04 Å². The first-order valence-corrected chi connectivity index (χ1v) is 6.09. The molecule has 0 bridgehead atoms. The molecule has 0 saturated carbocycles. The lowest BCUT2D eigenvalue weighted by molar-refractivity contribution is 0.0908. The van der Waals surface area contributed by atoms with Crippen LogP contribution in [0.15, 0.2) is 41.6 Å². The van der Waals surface area contributed by atoms with Gasteiger partial charge in [0.1, 0.15) is 0 Å². The van der Waals surface area contributed by atoms with Gasteiger partial charge in [-0.2, -0.15) is 5.10 Å². The van der Waals surface area contributed by atoms with E-state index in [-0.39, 0.29) is 5.56 Å². The van der Waals surface area contributed by atoms with Crippen molar-refractivity contribution in [3.05, 3.63) is 52.7 Å². The Morgan fingerprint density at radius 1 is 1.39 bits per heavy atom. The Morgan fingerprint density at radius 3 is 2.89 bits per heavy atom. The second-order valence-electron chi connectivity index (χ2n) is 4.82. The maximum absolute atomic E-state index is 11.5. The highest BCUT2D eigenvalue weighted by Gasteiger charge is 2.28. The van der Waals surface area contributed by atoms with E-state index >= 15 is 0 Å². The summed E-state index contributed by atoms with van der Waals surface area (Å²) in [5, 5.41) is 4.24. The zero-order chi connectivity index (χ0) is 12.5. The minimum Gasteiger partial charge on any atom is -0.319 e. The van der Waals surface area contributed by atoms with Gasteiger partial charge in [0.15, 0.2) is 0 Å². The molecule has 2 aromatic heterocycles. The van der Waals surface area contributed by atoms with Crippen LogP contribution < -0.4 is 5.56 Å². The molecule has 18 heavy (non-hydrogen) atoms. The van der Waals surface area contributed by atoms with Gasteiger partial charge in [-0.1, -0.05) is 0 Å². The van der Waals surface area contributed by atoms with E-state index < -0.39 is 0 Å². The fraction of sp³-hybridized carbons (Fsp3) is 0.385. The standard InChI is InChI=1S/C13H16N4O/c1-15-6-3-11(7-13(15)18)8-16-9-12(10-16)17-5-2-4-14-17/h2-7,12H,8-10H2,1H3. The lowest BCUT2D eigenvalue weighted by Crippen LogP contribution is -2.47. The van der Waals surface area contributed by atoms with Crippen molar-refractivity contribution in [3.63, 3.8) is 0 Å². The highest BCUT2D eigenvalue weighted by Crippen LogP contribution is 2.21. The number of aryl methyl sites for hydroxylation is 1. The lowest BCUT2D eigenvalue weighted by Gasteiger charge is -2.39. The molecule has 0 N–H and O–H groups in total. The van der Waals surface area contributed by atoms with Crippen LogP contribution in [0.3, 0.4) is 0 Å². The van der Waals surface area contributed by atoms with Crippen molar-refractivity contribution < 1.29 is 0 Å². The molecule has 1 saturated heterocycles. The molecule has 0 aliphatic carbocycles. The Morgan fingerprint density at radius 2 is 2.22 bits per heavy atom. The van der Waals surface area contributed by atoms with E-state index in [1.807, 2.05) is 35.4 Å². The van der Waals surface area contributed by atoms with E-state index in [2.05, 4.69) is 10.00 Å². The van der Waals surface area contributed by atoms with Crippen LogP contribution in [0.5, 0.6) is 0 Å².